The monoisotopic (exact) mass is 311 g/mol. The molecule has 0 bridgehead atoms. The number of nitrogens with zero attached hydrogens (tertiary/aromatic N) is 1. The van der Waals surface area contributed by atoms with Crippen molar-refractivity contribution >= 4 is 5.91 Å². The predicted molar refractivity (Wildman–Crippen MR) is 88.6 cm³/mol. The van der Waals surface area contributed by atoms with Crippen LogP contribution < -0.4 is 11.1 Å². The molecule has 2 rings (SSSR count). The molecule has 2 unspecified atom stereocenters. The molecule has 2 aliphatic rings. The number of hydrogen-bond acceptors (Lipinski definition) is 4. The summed E-state index contributed by atoms with van der Waals surface area (Å²) < 4.78 is 5.50. The molecular weight excluding hydrogens is 278 g/mol. The largest absolute Gasteiger partial charge is 0.379 e. The maximum atomic E-state index is 12.3. The molecule has 22 heavy (non-hydrogen) atoms. The summed E-state index contributed by atoms with van der Waals surface area (Å²) in [7, 11) is 0. The normalized spacial score (nSPS) is 25.4. The minimum Gasteiger partial charge on any atom is -0.379 e. The van der Waals surface area contributed by atoms with E-state index in [1.54, 1.807) is 0 Å². The zero-order chi connectivity index (χ0) is 16.0. The van der Waals surface area contributed by atoms with E-state index in [1.807, 2.05) is 6.92 Å². The molecule has 0 aromatic carbocycles. The van der Waals surface area contributed by atoms with Gasteiger partial charge in [0.05, 0.1) is 19.3 Å². The summed E-state index contributed by atoms with van der Waals surface area (Å²) in [6.45, 7) is 8.43. The Morgan fingerprint density at radius 3 is 2.50 bits per heavy atom. The Morgan fingerprint density at radius 2 is 1.91 bits per heavy atom. The summed E-state index contributed by atoms with van der Waals surface area (Å²) in [5.41, 5.74) is 6.18. The minimum absolute atomic E-state index is 0.00700. The molecule has 0 radical (unpaired) electrons. The number of nitrogens with one attached hydrogen (secondary N) is 1. The standard InChI is InChI=1S/C17H33N3O2/c1-3-14(2)15(18)16(21)19-13-17(7-5-4-6-8-17)20-9-11-22-12-10-20/h14-15H,3-13,18H2,1-2H3,(H,19,21). The third-order valence-electron chi connectivity index (χ3n) is 5.62. The summed E-state index contributed by atoms with van der Waals surface area (Å²) in [5, 5.41) is 3.16. The van der Waals surface area contributed by atoms with Crippen molar-refractivity contribution in [2.45, 2.75) is 64.0 Å². The van der Waals surface area contributed by atoms with E-state index in [0.717, 1.165) is 39.3 Å². The van der Waals surface area contributed by atoms with E-state index in [4.69, 9.17) is 10.5 Å². The van der Waals surface area contributed by atoms with Crippen molar-refractivity contribution < 1.29 is 9.53 Å². The van der Waals surface area contributed by atoms with E-state index in [9.17, 15) is 4.79 Å². The predicted octanol–water partition coefficient (Wildman–Crippen LogP) is 1.51. The number of amides is 1. The van der Waals surface area contributed by atoms with Crippen LogP contribution in [0.5, 0.6) is 0 Å². The molecule has 1 aliphatic carbocycles. The van der Waals surface area contributed by atoms with E-state index >= 15 is 0 Å². The van der Waals surface area contributed by atoms with E-state index in [0.29, 0.717) is 0 Å². The molecular formula is C17H33N3O2. The molecule has 0 aromatic heterocycles. The fraction of sp³-hybridized carbons (Fsp3) is 0.941. The van der Waals surface area contributed by atoms with Crippen molar-refractivity contribution in [3.63, 3.8) is 0 Å². The first-order valence-corrected chi connectivity index (χ1v) is 8.95. The Kier molecular flexibility index (Phi) is 6.66. The van der Waals surface area contributed by atoms with Gasteiger partial charge in [-0.1, -0.05) is 39.5 Å². The summed E-state index contributed by atoms with van der Waals surface area (Å²) >= 11 is 0. The first-order chi connectivity index (χ1) is 10.6. The van der Waals surface area contributed by atoms with Gasteiger partial charge in [-0.2, -0.15) is 0 Å². The lowest BCUT2D eigenvalue weighted by Gasteiger charge is -2.48. The highest BCUT2D eigenvalue weighted by atomic mass is 16.5. The van der Waals surface area contributed by atoms with Crippen LogP contribution in [0.2, 0.25) is 0 Å². The van der Waals surface area contributed by atoms with Crippen LogP contribution >= 0.6 is 0 Å². The lowest BCUT2D eigenvalue weighted by atomic mass is 9.79. The summed E-state index contributed by atoms with van der Waals surface area (Å²) in [6, 6.07) is -0.393. The molecule has 5 heteroatoms. The molecule has 1 heterocycles. The number of morpholine rings is 1. The molecule has 3 N–H and O–H groups in total. The van der Waals surface area contributed by atoms with Gasteiger partial charge in [-0.15, -0.1) is 0 Å². The number of carbonyl (C=O) groups excluding carboxylic acids is 1. The van der Waals surface area contributed by atoms with Crippen LogP contribution in [0.1, 0.15) is 52.4 Å². The zero-order valence-electron chi connectivity index (χ0n) is 14.3. The number of nitrogens with two attached hydrogens (primary N) is 1. The van der Waals surface area contributed by atoms with E-state index in [-0.39, 0.29) is 17.4 Å². The van der Waals surface area contributed by atoms with Crippen LogP contribution in [0.25, 0.3) is 0 Å². The summed E-state index contributed by atoms with van der Waals surface area (Å²) in [4.78, 5) is 14.9. The van der Waals surface area contributed by atoms with Gasteiger partial charge in [-0.25, -0.2) is 0 Å². The average molecular weight is 311 g/mol. The Balaban J connectivity index is 1.96. The third kappa shape index (κ3) is 4.21. The van der Waals surface area contributed by atoms with Crippen molar-refractivity contribution in [3.05, 3.63) is 0 Å². The van der Waals surface area contributed by atoms with E-state index in [2.05, 4.69) is 17.1 Å². The quantitative estimate of drug-likeness (QED) is 0.780. The molecule has 0 aromatic rings. The van der Waals surface area contributed by atoms with Gasteiger partial charge < -0.3 is 15.8 Å². The van der Waals surface area contributed by atoms with Gasteiger partial charge in [-0.05, 0) is 18.8 Å². The average Bonchev–Trinajstić information content (AvgIpc) is 2.59. The highest BCUT2D eigenvalue weighted by Crippen LogP contribution is 2.33. The van der Waals surface area contributed by atoms with Crippen LogP contribution in [0.4, 0.5) is 0 Å². The first kappa shape index (κ1) is 17.7. The van der Waals surface area contributed by atoms with Crippen molar-refractivity contribution in [2.75, 3.05) is 32.8 Å². The molecule has 5 nitrogen and oxygen atoms in total. The first-order valence-electron chi connectivity index (χ1n) is 8.95. The Morgan fingerprint density at radius 1 is 1.27 bits per heavy atom. The molecule has 1 aliphatic heterocycles. The van der Waals surface area contributed by atoms with Gasteiger partial charge >= 0.3 is 0 Å². The number of carbonyl (C=O) groups is 1. The molecule has 128 valence electrons. The third-order valence-corrected chi connectivity index (χ3v) is 5.62. The van der Waals surface area contributed by atoms with Gasteiger partial charge in [-0.3, -0.25) is 9.69 Å². The number of rotatable bonds is 6. The van der Waals surface area contributed by atoms with Crippen molar-refractivity contribution in [2.24, 2.45) is 11.7 Å². The van der Waals surface area contributed by atoms with Gasteiger partial charge in [0.2, 0.25) is 5.91 Å². The number of hydrogen-bond donors (Lipinski definition) is 2. The highest BCUT2D eigenvalue weighted by molar-refractivity contribution is 5.81. The molecule has 2 fully saturated rings. The molecule has 1 saturated heterocycles. The summed E-state index contributed by atoms with van der Waals surface area (Å²) in [5.74, 6) is 0.234. The highest BCUT2D eigenvalue weighted by Gasteiger charge is 2.39. The van der Waals surface area contributed by atoms with E-state index < -0.39 is 6.04 Å². The maximum Gasteiger partial charge on any atom is 0.237 e. The van der Waals surface area contributed by atoms with Crippen LogP contribution in [0.15, 0.2) is 0 Å². The van der Waals surface area contributed by atoms with Crippen molar-refractivity contribution in [1.82, 2.24) is 10.2 Å². The lowest BCUT2D eigenvalue weighted by Crippen LogP contribution is -2.61. The molecule has 2 atom stereocenters. The minimum atomic E-state index is -0.393. The van der Waals surface area contributed by atoms with Gasteiger partial charge in [0, 0.05) is 25.2 Å². The van der Waals surface area contributed by atoms with Gasteiger partial charge in [0.1, 0.15) is 0 Å². The fourth-order valence-corrected chi connectivity index (χ4v) is 3.73. The van der Waals surface area contributed by atoms with Crippen LogP contribution in [-0.2, 0) is 9.53 Å². The smallest absolute Gasteiger partial charge is 0.237 e. The maximum absolute atomic E-state index is 12.3. The Labute approximate surface area is 134 Å². The fourth-order valence-electron chi connectivity index (χ4n) is 3.73. The van der Waals surface area contributed by atoms with Crippen molar-refractivity contribution in [1.29, 1.82) is 0 Å². The second-order valence-electron chi connectivity index (χ2n) is 7.01. The van der Waals surface area contributed by atoms with Crippen LogP contribution in [-0.4, -0.2) is 55.2 Å². The van der Waals surface area contributed by atoms with Crippen molar-refractivity contribution in [3.8, 4) is 0 Å². The zero-order valence-corrected chi connectivity index (χ0v) is 14.3. The molecule has 0 spiro atoms. The van der Waals surface area contributed by atoms with Crippen LogP contribution in [0, 0.1) is 5.92 Å². The Hall–Kier alpha value is -0.650. The second kappa shape index (κ2) is 8.27. The second-order valence-corrected chi connectivity index (χ2v) is 7.01. The molecule has 1 saturated carbocycles. The lowest BCUT2D eigenvalue weighted by molar-refractivity contribution is -0.124. The number of ether oxygens (including phenoxy) is 1. The van der Waals surface area contributed by atoms with E-state index in [1.165, 1.54) is 32.1 Å². The van der Waals surface area contributed by atoms with Crippen LogP contribution in [0.3, 0.4) is 0 Å². The molecule has 1 amide bonds. The Bertz CT molecular complexity index is 350. The van der Waals surface area contributed by atoms with Gasteiger partial charge in [0.25, 0.3) is 0 Å². The topological polar surface area (TPSA) is 67.6 Å². The summed E-state index contributed by atoms with van der Waals surface area (Å²) in [6.07, 6.45) is 7.10. The SMILES string of the molecule is CCC(C)C(N)C(=O)NCC1(N2CCOCC2)CCCCC1. The van der Waals surface area contributed by atoms with Gasteiger partial charge in [0.15, 0.2) is 0 Å².